The number of nitrogens with zero attached hydrogens (tertiary/aromatic N) is 4. The lowest BCUT2D eigenvalue weighted by Gasteiger charge is -2.12. The first kappa shape index (κ1) is 18.3. The van der Waals surface area contributed by atoms with Crippen molar-refractivity contribution < 1.29 is 14.3 Å². The number of fused-ring (bicyclic) bond motifs is 1. The predicted molar refractivity (Wildman–Crippen MR) is 104 cm³/mol. The Morgan fingerprint density at radius 1 is 1.21 bits per heavy atom. The number of aromatic nitrogens is 4. The Morgan fingerprint density at radius 2 is 2.00 bits per heavy atom. The number of ether oxygens (including phenoxy) is 2. The van der Waals surface area contributed by atoms with Gasteiger partial charge in [-0.05, 0) is 54.1 Å². The largest absolute Gasteiger partial charge is 0.454 e. The van der Waals surface area contributed by atoms with Crippen LogP contribution in [-0.2, 0) is 11.3 Å². The lowest BCUT2D eigenvalue weighted by Crippen LogP contribution is -2.30. The molecule has 1 N–H and O–H groups in total. The molecule has 9 heteroatoms. The molecule has 2 aromatic carbocycles. The molecular formula is C19H19N5O3S. The van der Waals surface area contributed by atoms with Gasteiger partial charge in [-0.2, -0.15) is 4.68 Å². The summed E-state index contributed by atoms with van der Waals surface area (Å²) >= 11 is 1.31. The molecule has 0 aliphatic carbocycles. The Kier molecular flexibility index (Phi) is 5.16. The van der Waals surface area contributed by atoms with Gasteiger partial charge in [0.2, 0.25) is 17.9 Å². The van der Waals surface area contributed by atoms with E-state index in [-0.39, 0.29) is 18.0 Å². The maximum atomic E-state index is 12.5. The lowest BCUT2D eigenvalue weighted by atomic mass is 10.2. The van der Waals surface area contributed by atoms with Gasteiger partial charge in [0.15, 0.2) is 11.5 Å². The highest BCUT2D eigenvalue weighted by Crippen LogP contribution is 2.32. The molecule has 1 amide bonds. The smallest absolute Gasteiger partial charge is 0.233 e. The maximum Gasteiger partial charge on any atom is 0.233 e. The van der Waals surface area contributed by atoms with E-state index in [9.17, 15) is 4.79 Å². The third kappa shape index (κ3) is 3.94. The molecule has 4 rings (SSSR count). The van der Waals surface area contributed by atoms with Crippen LogP contribution in [0.4, 0.5) is 0 Å². The minimum Gasteiger partial charge on any atom is -0.454 e. The van der Waals surface area contributed by atoms with Crippen molar-refractivity contribution in [1.82, 2.24) is 25.5 Å². The molecule has 1 aliphatic rings. The summed E-state index contributed by atoms with van der Waals surface area (Å²) < 4.78 is 12.3. The van der Waals surface area contributed by atoms with Crippen LogP contribution in [0.25, 0.3) is 5.69 Å². The molecule has 1 atom stereocenters. The number of hydrogen-bond donors (Lipinski definition) is 1. The van der Waals surface area contributed by atoms with Gasteiger partial charge >= 0.3 is 0 Å². The molecule has 0 spiro atoms. The fraction of sp³-hybridized carbons (Fsp3) is 0.263. The van der Waals surface area contributed by atoms with Gasteiger partial charge in [-0.25, -0.2) is 0 Å². The van der Waals surface area contributed by atoms with Crippen LogP contribution in [0.1, 0.15) is 18.1 Å². The van der Waals surface area contributed by atoms with Crippen molar-refractivity contribution in [3.8, 4) is 17.2 Å². The topological polar surface area (TPSA) is 91.2 Å². The highest BCUT2D eigenvalue weighted by molar-refractivity contribution is 8.00. The highest BCUT2D eigenvalue weighted by Gasteiger charge is 2.19. The summed E-state index contributed by atoms with van der Waals surface area (Å²) in [5, 5.41) is 15.0. The number of benzene rings is 2. The Bertz CT molecular complexity index is 989. The number of amides is 1. The number of tetrazole rings is 1. The van der Waals surface area contributed by atoms with Crippen LogP contribution in [0.5, 0.6) is 11.5 Å². The molecule has 1 aromatic heterocycles. The predicted octanol–water partition coefficient (Wildman–Crippen LogP) is 2.50. The third-order valence-electron chi connectivity index (χ3n) is 4.27. The Labute approximate surface area is 166 Å². The first-order valence-electron chi connectivity index (χ1n) is 8.78. The second-order valence-corrected chi connectivity index (χ2v) is 7.68. The second-order valence-electron chi connectivity index (χ2n) is 6.37. The van der Waals surface area contributed by atoms with Crippen molar-refractivity contribution in [3.63, 3.8) is 0 Å². The zero-order chi connectivity index (χ0) is 19.5. The van der Waals surface area contributed by atoms with Crippen LogP contribution in [0, 0.1) is 6.92 Å². The summed E-state index contributed by atoms with van der Waals surface area (Å²) in [5.41, 5.74) is 2.95. The average molecular weight is 397 g/mol. The Balaban J connectivity index is 1.37. The van der Waals surface area contributed by atoms with Crippen molar-refractivity contribution in [2.24, 2.45) is 0 Å². The van der Waals surface area contributed by atoms with Gasteiger partial charge in [0, 0.05) is 6.54 Å². The molecule has 0 saturated heterocycles. The number of hydrogen-bond acceptors (Lipinski definition) is 7. The minimum absolute atomic E-state index is 0.0962. The highest BCUT2D eigenvalue weighted by atomic mass is 32.2. The average Bonchev–Trinajstić information content (AvgIpc) is 3.35. The van der Waals surface area contributed by atoms with Crippen LogP contribution < -0.4 is 14.8 Å². The lowest BCUT2D eigenvalue weighted by molar-refractivity contribution is -0.120. The molecule has 1 aliphatic heterocycles. The van der Waals surface area contributed by atoms with Gasteiger partial charge in [0.05, 0.1) is 10.9 Å². The first-order chi connectivity index (χ1) is 13.6. The number of thioether (sulfide) groups is 1. The van der Waals surface area contributed by atoms with Gasteiger partial charge in [-0.3, -0.25) is 4.79 Å². The van der Waals surface area contributed by atoms with E-state index in [1.165, 1.54) is 11.8 Å². The van der Waals surface area contributed by atoms with Crippen molar-refractivity contribution in [1.29, 1.82) is 0 Å². The summed E-state index contributed by atoms with van der Waals surface area (Å²) in [6, 6.07) is 13.5. The molecule has 0 unspecified atom stereocenters. The van der Waals surface area contributed by atoms with E-state index in [0.717, 1.165) is 22.6 Å². The fourth-order valence-corrected chi connectivity index (χ4v) is 3.53. The van der Waals surface area contributed by atoms with Crippen molar-refractivity contribution in [2.75, 3.05) is 6.79 Å². The van der Waals surface area contributed by atoms with Gasteiger partial charge in [0.25, 0.3) is 0 Å². The third-order valence-corrected chi connectivity index (χ3v) is 5.31. The number of aryl methyl sites for hydroxylation is 1. The zero-order valence-corrected chi connectivity index (χ0v) is 16.3. The Hall–Kier alpha value is -3.07. The van der Waals surface area contributed by atoms with Gasteiger partial charge in [-0.1, -0.05) is 35.5 Å². The van der Waals surface area contributed by atoms with Crippen LogP contribution in [0.3, 0.4) is 0 Å². The molecule has 0 saturated carbocycles. The normalized spacial score (nSPS) is 13.4. The molecule has 0 bridgehead atoms. The molecule has 28 heavy (non-hydrogen) atoms. The van der Waals surface area contributed by atoms with Gasteiger partial charge < -0.3 is 14.8 Å². The standard InChI is InChI=1S/C19H19N5O3S/c1-12-3-6-15(7-4-12)24-19(21-22-23-24)28-13(2)18(25)20-10-14-5-8-16-17(9-14)27-11-26-16/h3-9,13H,10-11H2,1-2H3,(H,20,25)/t13-/m0/s1. The van der Waals surface area contributed by atoms with Crippen LogP contribution in [0.2, 0.25) is 0 Å². The molecular weight excluding hydrogens is 378 g/mol. The first-order valence-corrected chi connectivity index (χ1v) is 9.66. The molecule has 8 nitrogen and oxygen atoms in total. The maximum absolute atomic E-state index is 12.5. The van der Waals surface area contributed by atoms with Gasteiger partial charge in [-0.15, -0.1) is 5.10 Å². The molecule has 3 aromatic rings. The number of carbonyl (C=O) groups excluding carboxylic acids is 1. The molecule has 0 radical (unpaired) electrons. The van der Waals surface area contributed by atoms with Crippen molar-refractivity contribution >= 4 is 17.7 Å². The van der Waals surface area contributed by atoms with E-state index < -0.39 is 0 Å². The van der Waals surface area contributed by atoms with Crippen molar-refractivity contribution in [3.05, 3.63) is 53.6 Å². The summed E-state index contributed by atoms with van der Waals surface area (Å²) in [4.78, 5) is 12.5. The van der Waals surface area contributed by atoms with E-state index >= 15 is 0 Å². The Morgan fingerprint density at radius 3 is 2.82 bits per heavy atom. The summed E-state index contributed by atoms with van der Waals surface area (Å²) in [6.07, 6.45) is 0. The van der Waals surface area contributed by atoms with E-state index in [2.05, 4.69) is 20.8 Å². The minimum atomic E-state index is -0.357. The SMILES string of the molecule is Cc1ccc(-n2nnnc2S[C@@H](C)C(=O)NCc2ccc3c(c2)OCO3)cc1. The van der Waals surface area contributed by atoms with E-state index in [0.29, 0.717) is 17.5 Å². The number of carbonyl (C=O) groups is 1. The monoisotopic (exact) mass is 397 g/mol. The van der Waals surface area contributed by atoms with Crippen LogP contribution in [0.15, 0.2) is 47.6 Å². The molecule has 144 valence electrons. The second kappa shape index (κ2) is 7.89. The van der Waals surface area contributed by atoms with Crippen LogP contribution in [-0.4, -0.2) is 38.2 Å². The summed E-state index contributed by atoms with van der Waals surface area (Å²) in [5.74, 6) is 1.33. The van der Waals surface area contributed by atoms with E-state index in [1.807, 2.05) is 56.3 Å². The number of nitrogens with one attached hydrogen (secondary N) is 1. The van der Waals surface area contributed by atoms with E-state index in [4.69, 9.17) is 9.47 Å². The summed E-state index contributed by atoms with van der Waals surface area (Å²) in [6.45, 7) is 4.48. The van der Waals surface area contributed by atoms with Crippen LogP contribution >= 0.6 is 11.8 Å². The summed E-state index contributed by atoms with van der Waals surface area (Å²) in [7, 11) is 0. The van der Waals surface area contributed by atoms with Gasteiger partial charge in [0.1, 0.15) is 0 Å². The fourth-order valence-electron chi connectivity index (χ4n) is 2.70. The number of rotatable bonds is 6. The molecule has 0 fully saturated rings. The molecule has 2 heterocycles. The van der Waals surface area contributed by atoms with Crippen molar-refractivity contribution in [2.45, 2.75) is 30.8 Å². The quantitative estimate of drug-likeness (QED) is 0.639. The zero-order valence-electron chi connectivity index (χ0n) is 15.5. The van der Waals surface area contributed by atoms with E-state index in [1.54, 1.807) is 4.68 Å².